The highest BCUT2D eigenvalue weighted by Crippen LogP contribution is 2.41. The number of amides is 2. The van der Waals surface area contributed by atoms with Gasteiger partial charge in [0.05, 0.1) is 33.7 Å². The molecule has 44 heavy (non-hydrogen) atoms. The van der Waals surface area contributed by atoms with E-state index in [-0.39, 0.29) is 30.9 Å². The second-order valence-corrected chi connectivity index (χ2v) is 13.2. The van der Waals surface area contributed by atoms with Gasteiger partial charge in [-0.25, -0.2) is 14.4 Å². The highest BCUT2D eigenvalue weighted by molar-refractivity contribution is 5.83. The lowest BCUT2D eigenvalue weighted by molar-refractivity contribution is -0.890. The molecule has 14 heteroatoms. The lowest BCUT2D eigenvalue weighted by Gasteiger charge is -2.42. The van der Waals surface area contributed by atoms with Crippen molar-refractivity contribution >= 4 is 23.9 Å². The maximum absolute atomic E-state index is 12.3. The second kappa shape index (κ2) is 16.5. The van der Waals surface area contributed by atoms with Crippen molar-refractivity contribution in [3.8, 4) is 0 Å². The number of nitrogens with one attached hydrogen (secondary N) is 4. The minimum atomic E-state index is -2.12. The molecule has 3 heterocycles. The fourth-order valence-corrected chi connectivity index (χ4v) is 6.54. The molecule has 1 fully saturated rings. The molecule has 1 saturated heterocycles. The summed E-state index contributed by atoms with van der Waals surface area (Å²) in [5.41, 5.74) is 10.6. The molecule has 3 atom stereocenters. The molecule has 0 aromatic carbocycles. The minimum Gasteiger partial charge on any atom is -0.446 e. The van der Waals surface area contributed by atoms with E-state index < -0.39 is 29.6 Å². The van der Waals surface area contributed by atoms with Gasteiger partial charge in [-0.3, -0.25) is 15.8 Å². The summed E-state index contributed by atoms with van der Waals surface area (Å²) in [7, 11) is 4.62. The van der Waals surface area contributed by atoms with Crippen LogP contribution in [0.3, 0.4) is 0 Å². The Labute approximate surface area is 262 Å². The Morgan fingerprint density at radius 2 is 1.64 bits per heavy atom. The number of quaternary nitrogens is 1. The van der Waals surface area contributed by atoms with Gasteiger partial charge in [0.25, 0.3) is 0 Å². The molecule has 0 bridgehead atoms. The van der Waals surface area contributed by atoms with E-state index in [2.05, 4.69) is 47.3 Å². The molecule has 0 unspecified atom stereocenters. The highest BCUT2D eigenvalue weighted by Gasteiger charge is 2.71. The molecule has 2 amide bonds. The Morgan fingerprint density at radius 3 is 2.32 bits per heavy atom. The molecule has 0 aliphatic carbocycles. The molecule has 0 aromatic rings. The Morgan fingerprint density at radius 1 is 1.00 bits per heavy atom. The van der Waals surface area contributed by atoms with Gasteiger partial charge >= 0.3 is 12.1 Å². The van der Waals surface area contributed by atoms with Crippen molar-refractivity contribution in [3.05, 3.63) is 0 Å². The third-order valence-corrected chi connectivity index (χ3v) is 9.12. The van der Waals surface area contributed by atoms with Crippen LogP contribution < -0.4 is 32.7 Å². The van der Waals surface area contributed by atoms with Gasteiger partial charge in [0.15, 0.2) is 12.0 Å². The van der Waals surface area contributed by atoms with Gasteiger partial charge in [-0.15, -0.1) is 0 Å². The Bertz CT molecular complexity index is 1020. The first-order valence-electron chi connectivity index (χ1n) is 16.6. The number of ether oxygens (including phenoxy) is 1. The average molecular weight is 626 g/mol. The fourth-order valence-electron chi connectivity index (χ4n) is 6.54. The third-order valence-electron chi connectivity index (χ3n) is 9.12. The van der Waals surface area contributed by atoms with Crippen LogP contribution in [0.15, 0.2) is 4.99 Å². The number of aliphatic hydroxyl groups is 2. The van der Waals surface area contributed by atoms with Crippen molar-refractivity contribution in [2.24, 2.45) is 16.5 Å². The summed E-state index contributed by atoms with van der Waals surface area (Å²) >= 11 is 0. The summed E-state index contributed by atoms with van der Waals surface area (Å²) in [6.45, 7) is 6.01. The van der Waals surface area contributed by atoms with Crippen molar-refractivity contribution in [2.45, 2.75) is 114 Å². The van der Waals surface area contributed by atoms with E-state index in [0.717, 1.165) is 49.4 Å². The lowest BCUT2D eigenvalue weighted by atomic mass is 9.87. The number of nitrogens with zero attached hydrogens (tertiary/aromatic N) is 3. The van der Waals surface area contributed by atoms with E-state index in [1.54, 1.807) is 4.58 Å². The number of alkyl carbamates (subject to hydrolysis) is 1. The normalized spacial score (nSPS) is 23.7. The molecule has 3 rings (SSSR count). The van der Waals surface area contributed by atoms with Gasteiger partial charge in [0.2, 0.25) is 17.4 Å². The molecule has 1 spiro atoms. The zero-order valence-electron chi connectivity index (χ0n) is 27.2. The number of hydrogen-bond acceptors (Lipinski definition) is 10. The van der Waals surface area contributed by atoms with Crippen LogP contribution in [0.4, 0.5) is 4.79 Å². The zero-order valence-corrected chi connectivity index (χ0v) is 27.2. The van der Waals surface area contributed by atoms with Crippen LogP contribution in [0.1, 0.15) is 90.4 Å². The number of rotatable bonds is 20. The SMILES string of the molecule is CCCCCC[N+](C)(C)CCCCCC(=O)NCCCCCCNC(=O)OC[C@@H]1NC(N)=[N+]2CCC(O)(O)[C@@]23NC(N)=N[C@@H]13. The number of nitrogens with two attached hydrogens (primary N) is 2. The third kappa shape index (κ3) is 9.58. The molecule has 10 N–H and O–H groups in total. The topological polar surface area (TPSA) is 199 Å². The number of aliphatic imine (C=N–C) groups is 1. The maximum atomic E-state index is 12.3. The van der Waals surface area contributed by atoms with Crippen molar-refractivity contribution in [1.82, 2.24) is 21.3 Å². The van der Waals surface area contributed by atoms with Gasteiger partial charge in [-0.2, -0.15) is 0 Å². The predicted octanol–water partition coefficient (Wildman–Crippen LogP) is -0.0273. The summed E-state index contributed by atoms with van der Waals surface area (Å²) in [4.78, 5) is 28.8. The summed E-state index contributed by atoms with van der Waals surface area (Å²) in [5.74, 6) is -1.69. The minimum absolute atomic E-state index is 0.0553. The summed E-state index contributed by atoms with van der Waals surface area (Å²) in [6.07, 6.45) is 12.1. The lowest BCUT2D eigenvalue weighted by Crippen LogP contribution is -2.77. The largest absolute Gasteiger partial charge is 0.446 e. The van der Waals surface area contributed by atoms with Crippen LogP contribution in [-0.2, 0) is 9.53 Å². The molecular weight excluding hydrogens is 566 g/mol. The van der Waals surface area contributed by atoms with E-state index in [4.69, 9.17) is 16.2 Å². The van der Waals surface area contributed by atoms with Crippen molar-refractivity contribution < 1.29 is 33.6 Å². The van der Waals surface area contributed by atoms with Crippen LogP contribution in [0, 0.1) is 0 Å². The quantitative estimate of drug-likeness (QED) is 0.0396. The van der Waals surface area contributed by atoms with Gasteiger partial charge in [-0.1, -0.05) is 32.6 Å². The molecule has 0 aromatic heterocycles. The van der Waals surface area contributed by atoms with E-state index in [9.17, 15) is 19.8 Å². The Balaban J connectivity index is 1.19. The first-order valence-corrected chi connectivity index (χ1v) is 16.6. The van der Waals surface area contributed by atoms with Gasteiger partial charge in [-0.05, 0) is 44.9 Å². The van der Waals surface area contributed by atoms with Crippen LogP contribution in [0.2, 0.25) is 0 Å². The van der Waals surface area contributed by atoms with E-state index in [0.29, 0.717) is 26.1 Å². The van der Waals surface area contributed by atoms with Gasteiger partial charge < -0.3 is 41.1 Å². The maximum Gasteiger partial charge on any atom is 0.407 e. The number of unbranched alkanes of at least 4 members (excludes halogenated alkanes) is 8. The summed E-state index contributed by atoms with van der Waals surface area (Å²) in [5, 5.41) is 33.2. The van der Waals surface area contributed by atoms with Crippen molar-refractivity contribution in [1.29, 1.82) is 0 Å². The molecule has 14 nitrogen and oxygen atoms in total. The summed E-state index contributed by atoms with van der Waals surface area (Å²) < 4.78 is 8.08. The smallest absolute Gasteiger partial charge is 0.407 e. The molecular formula is C30H59N9O5+2. The zero-order chi connectivity index (χ0) is 32.2. The van der Waals surface area contributed by atoms with Crippen molar-refractivity contribution in [3.63, 3.8) is 0 Å². The number of carbonyl (C=O) groups excluding carboxylic acids is 2. The van der Waals surface area contributed by atoms with Gasteiger partial charge in [0, 0.05) is 25.9 Å². The average Bonchev–Trinajstić information content (AvgIpc) is 3.46. The summed E-state index contributed by atoms with van der Waals surface area (Å²) in [6, 6.07) is -1.34. The standard InChI is InChI=1S/C30H57N9O5/c1-4-5-6-13-20-39(2,3)21-14-9-10-15-24(40)33-17-11-7-8-12-18-34-28(41)44-22-23-25-30(37-26(31)36-25)29(42,43)16-19-38(30)27(32)35-23/h23,25,42-43H,4-22H2,1-3H3,(H6-,31,32,33,34,35,36,37,40,41)/p+2/t23-,25-,30-/m0/s1. The van der Waals surface area contributed by atoms with E-state index >= 15 is 0 Å². The second-order valence-electron chi connectivity index (χ2n) is 13.2. The molecule has 0 radical (unpaired) electrons. The molecule has 3 aliphatic heterocycles. The van der Waals surface area contributed by atoms with Crippen LogP contribution in [-0.4, -0.2) is 120 Å². The monoisotopic (exact) mass is 625 g/mol. The van der Waals surface area contributed by atoms with Gasteiger partial charge in [0.1, 0.15) is 12.6 Å². The number of hydrogen-bond donors (Lipinski definition) is 8. The predicted molar refractivity (Wildman–Crippen MR) is 170 cm³/mol. The first-order chi connectivity index (χ1) is 20.9. The Kier molecular flexibility index (Phi) is 13.3. The molecule has 3 aliphatic rings. The first kappa shape index (κ1) is 35.6. The van der Waals surface area contributed by atoms with E-state index in [1.807, 2.05) is 0 Å². The van der Waals surface area contributed by atoms with Crippen LogP contribution in [0.25, 0.3) is 0 Å². The highest BCUT2D eigenvalue weighted by atomic mass is 16.5. The van der Waals surface area contributed by atoms with Crippen LogP contribution in [0.5, 0.6) is 0 Å². The van der Waals surface area contributed by atoms with Crippen molar-refractivity contribution in [2.75, 3.05) is 53.4 Å². The number of guanidine groups is 2. The molecule has 0 saturated carbocycles. The molecule has 252 valence electrons. The Hall–Kier alpha value is -2.84. The fraction of sp³-hybridized carbons (Fsp3) is 0.867. The van der Waals surface area contributed by atoms with E-state index in [1.165, 1.54) is 38.8 Å². The van der Waals surface area contributed by atoms with Crippen LogP contribution >= 0.6 is 0 Å². The number of carbonyl (C=O) groups is 2.